The number of carbonyl (C=O) groups excluding carboxylic acids is 1. The van der Waals surface area contributed by atoms with Gasteiger partial charge < -0.3 is 5.32 Å². The molecule has 0 aromatic heterocycles. The van der Waals surface area contributed by atoms with E-state index >= 15 is 0 Å². The summed E-state index contributed by atoms with van der Waals surface area (Å²) in [4.78, 5) is 11.5. The fourth-order valence-corrected chi connectivity index (χ4v) is 3.83. The van der Waals surface area contributed by atoms with Gasteiger partial charge in [0.15, 0.2) is 0 Å². The van der Waals surface area contributed by atoms with Crippen molar-refractivity contribution >= 4 is 16.0 Å². The Bertz CT molecular complexity index is 517. The molecule has 0 aliphatic heterocycles. The van der Waals surface area contributed by atoms with Gasteiger partial charge in [0.05, 0.1) is 5.75 Å². The Kier molecular flexibility index (Phi) is 20.7. The highest BCUT2D eigenvalue weighted by Crippen LogP contribution is 2.12. The lowest BCUT2D eigenvalue weighted by molar-refractivity contribution is -0.121. The predicted molar refractivity (Wildman–Crippen MR) is 127 cm³/mol. The number of unbranched alkanes of at least 4 members (excludes halogenated alkanes) is 15. The van der Waals surface area contributed by atoms with E-state index < -0.39 is 15.9 Å². The summed E-state index contributed by atoms with van der Waals surface area (Å²) < 4.78 is 29.7. The molecule has 0 saturated carbocycles. The van der Waals surface area contributed by atoms with Crippen molar-refractivity contribution in [3.63, 3.8) is 0 Å². The van der Waals surface area contributed by atoms with E-state index in [1.165, 1.54) is 89.9 Å². The van der Waals surface area contributed by atoms with Crippen molar-refractivity contribution in [1.82, 2.24) is 5.32 Å². The van der Waals surface area contributed by atoms with Gasteiger partial charge in [-0.3, -0.25) is 9.35 Å². The number of amides is 1. The minimum atomic E-state index is -3.99. The van der Waals surface area contributed by atoms with Crippen LogP contribution in [0.15, 0.2) is 12.2 Å². The smallest absolute Gasteiger partial charge is 0.266 e. The Labute approximate surface area is 186 Å². The number of allylic oxidation sites excluding steroid dienone is 2. The maximum Gasteiger partial charge on any atom is 0.266 e. The van der Waals surface area contributed by atoms with Crippen LogP contribution in [0, 0.1) is 0 Å². The number of hydrogen-bond donors (Lipinski definition) is 2. The molecule has 0 atom stereocenters. The highest BCUT2D eigenvalue weighted by molar-refractivity contribution is 7.85. The van der Waals surface area contributed by atoms with Gasteiger partial charge in [0.1, 0.15) is 0 Å². The van der Waals surface area contributed by atoms with Gasteiger partial charge in [-0.25, -0.2) is 0 Å². The number of nitrogens with one attached hydrogen (secondary N) is 1. The zero-order valence-electron chi connectivity index (χ0n) is 19.4. The van der Waals surface area contributed by atoms with Crippen LogP contribution >= 0.6 is 0 Å². The molecule has 5 nitrogen and oxygen atoms in total. The molecule has 0 bridgehead atoms. The van der Waals surface area contributed by atoms with E-state index in [-0.39, 0.29) is 12.5 Å². The molecule has 0 aromatic carbocycles. The van der Waals surface area contributed by atoms with Gasteiger partial charge in [0.2, 0.25) is 5.91 Å². The molecule has 0 fully saturated rings. The second-order valence-electron chi connectivity index (χ2n) is 8.38. The molecule has 30 heavy (non-hydrogen) atoms. The number of rotatable bonds is 22. The maximum absolute atomic E-state index is 11.5. The van der Waals surface area contributed by atoms with Crippen molar-refractivity contribution in [2.45, 2.75) is 122 Å². The van der Waals surface area contributed by atoms with Crippen LogP contribution < -0.4 is 5.32 Å². The third-order valence-electron chi connectivity index (χ3n) is 5.35. The minimum Gasteiger partial charge on any atom is -0.355 e. The molecular formula is C24H47NO4S. The molecule has 0 heterocycles. The standard InChI is InChI=1S/C24H47NO4S/c1-2-3-4-5-6-7-8-9-10-11-12-13-14-15-16-17-18-19-20-21-24(26)25-22-23-30(27,28)29/h9-10H,2-8,11-23H2,1H3,(H,25,26)(H,27,28,29)/b10-9+. The molecule has 0 radical (unpaired) electrons. The van der Waals surface area contributed by atoms with Gasteiger partial charge >= 0.3 is 0 Å². The Balaban J connectivity index is 3.22. The number of carbonyl (C=O) groups is 1. The van der Waals surface area contributed by atoms with Crippen molar-refractivity contribution in [3.8, 4) is 0 Å². The van der Waals surface area contributed by atoms with Gasteiger partial charge in [-0.2, -0.15) is 8.42 Å². The SMILES string of the molecule is CCCCCCCC/C=C/CCCCCCCCCCCC(=O)NCCS(=O)(=O)O. The molecule has 0 unspecified atom stereocenters. The van der Waals surface area contributed by atoms with Gasteiger partial charge in [-0.15, -0.1) is 0 Å². The monoisotopic (exact) mass is 445 g/mol. The van der Waals surface area contributed by atoms with Gasteiger partial charge in [0, 0.05) is 13.0 Å². The van der Waals surface area contributed by atoms with Crippen LogP contribution in [0.5, 0.6) is 0 Å². The predicted octanol–water partition coefficient (Wildman–Crippen LogP) is 6.59. The fraction of sp³-hybridized carbons (Fsp3) is 0.875. The van der Waals surface area contributed by atoms with Crippen LogP contribution in [0.25, 0.3) is 0 Å². The van der Waals surface area contributed by atoms with E-state index in [0.29, 0.717) is 6.42 Å². The minimum absolute atomic E-state index is 0.0212. The summed E-state index contributed by atoms with van der Waals surface area (Å²) >= 11 is 0. The van der Waals surface area contributed by atoms with Crippen LogP contribution in [0.3, 0.4) is 0 Å². The van der Waals surface area contributed by atoms with Crippen molar-refractivity contribution in [1.29, 1.82) is 0 Å². The molecule has 178 valence electrons. The Morgan fingerprint density at radius 2 is 1.17 bits per heavy atom. The quantitative estimate of drug-likeness (QED) is 0.112. The second-order valence-corrected chi connectivity index (χ2v) is 9.96. The summed E-state index contributed by atoms with van der Waals surface area (Å²) in [7, 11) is -3.99. The third-order valence-corrected chi connectivity index (χ3v) is 6.07. The topological polar surface area (TPSA) is 83.5 Å². The first-order valence-electron chi connectivity index (χ1n) is 12.3. The average Bonchev–Trinajstić information content (AvgIpc) is 2.68. The van der Waals surface area contributed by atoms with Crippen molar-refractivity contribution in [2.24, 2.45) is 0 Å². The molecule has 0 rings (SSSR count). The van der Waals surface area contributed by atoms with E-state index in [2.05, 4.69) is 24.4 Å². The van der Waals surface area contributed by atoms with Crippen LogP contribution in [0.1, 0.15) is 122 Å². The Morgan fingerprint density at radius 1 is 0.733 bits per heavy atom. The Morgan fingerprint density at radius 3 is 1.63 bits per heavy atom. The maximum atomic E-state index is 11.5. The van der Waals surface area contributed by atoms with Gasteiger partial charge in [-0.05, 0) is 32.1 Å². The lowest BCUT2D eigenvalue weighted by Crippen LogP contribution is -2.28. The van der Waals surface area contributed by atoms with E-state index in [1.807, 2.05) is 0 Å². The first kappa shape index (κ1) is 29.1. The first-order chi connectivity index (χ1) is 14.5. The summed E-state index contributed by atoms with van der Waals surface area (Å²) in [5, 5.41) is 2.52. The van der Waals surface area contributed by atoms with E-state index in [0.717, 1.165) is 19.3 Å². The molecule has 0 aliphatic rings. The molecule has 0 spiro atoms. The highest BCUT2D eigenvalue weighted by atomic mass is 32.2. The fourth-order valence-electron chi connectivity index (χ4n) is 3.47. The van der Waals surface area contributed by atoms with E-state index in [1.54, 1.807) is 0 Å². The molecule has 6 heteroatoms. The zero-order valence-corrected chi connectivity index (χ0v) is 20.2. The normalized spacial score (nSPS) is 11.9. The molecule has 0 saturated heterocycles. The molecule has 0 aromatic rings. The van der Waals surface area contributed by atoms with Crippen LogP contribution in [0.2, 0.25) is 0 Å². The van der Waals surface area contributed by atoms with Gasteiger partial charge in [-0.1, -0.05) is 96.1 Å². The van der Waals surface area contributed by atoms with Crippen molar-refractivity contribution < 1.29 is 17.8 Å². The first-order valence-corrected chi connectivity index (χ1v) is 13.9. The highest BCUT2D eigenvalue weighted by Gasteiger charge is 2.06. The third kappa shape index (κ3) is 25.2. The lowest BCUT2D eigenvalue weighted by atomic mass is 10.1. The molecule has 1 amide bonds. The van der Waals surface area contributed by atoms with Gasteiger partial charge in [0.25, 0.3) is 10.1 Å². The molecule has 0 aliphatic carbocycles. The summed E-state index contributed by atoms with van der Waals surface area (Å²) in [5.41, 5.74) is 0. The number of hydrogen-bond acceptors (Lipinski definition) is 3. The summed E-state index contributed by atoms with van der Waals surface area (Å²) in [6.45, 7) is 2.24. The average molecular weight is 446 g/mol. The van der Waals surface area contributed by atoms with E-state index in [9.17, 15) is 13.2 Å². The van der Waals surface area contributed by atoms with Crippen molar-refractivity contribution in [2.75, 3.05) is 12.3 Å². The lowest BCUT2D eigenvalue weighted by Gasteiger charge is -2.04. The Hall–Kier alpha value is -0.880. The van der Waals surface area contributed by atoms with Crippen LogP contribution in [-0.2, 0) is 14.9 Å². The van der Waals surface area contributed by atoms with Crippen molar-refractivity contribution in [3.05, 3.63) is 12.2 Å². The summed E-state index contributed by atoms with van der Waals surface area (Å²) in [6.07, 6.45) is 26.7. The van der Waals surface area contributed by atoms with Crippen LogP contribution in [0.4, 0.5) is 0 Å². The summed E-state index contributed by atoms with van der Waals surface area (Å²) in [5.74, 6) is -0.562. The zero-order chi connectivity index (χ0) is 22.3. The second kappa shape index (κ2) is 21.4. The summed E-state index contributed by atoms with van der Waals surface area (Å²) in [6, 6.07) is 0. The molecular weight excluding hydrogens is 398 g/mol. The molecule has 2 N–H and O–H groups in total. The van der Waals surface area contributed by atoms with Crippen LogP contribution in [-0.4, -0.2) is 31.2 Å². The van der Waals surface area contributed by atoms with E-state index in [4.69, 9.17) is 4.55 Å². The largest absolute Gasteiger partial charge is 0.355 e.